The third-order valence-corrected chi connectivity index (χ3v) is 3.03. The molecule has 0 saturated carbocycles. The van der Waals surface area contributed by atoms with Gasteiger partial charge in [-0.25, -0.2) is 9.18 Å². The number of hydrogen-bond donors (Lipinski definition) is 1. The molecule has 0 aliphatic rings. The van der Waals surface area contributed by atoms with Crippen molar-refractivity contribution in [2.75, 3.05) is 0 Å². The van der Waals surface area contributed by atoms with Gasteiger partial charge in [-0.05, 0) is 36.6 Å². The van der Waals surface area contributed by atoms with Gasteiger partial charge in [-0.15, -0.1) is 0 Å². The molecule has 21 heavy (non-hydrogen) atoms. The smallest absolute Gasteiger partial charge is 0.335 e. The number of unbranched alkanes of at least 4 members (excludes halogenated alkanes) is 2. The molecule has 112 valence electrons. The van der Waals surface area contributed by atoms with Crippen molar-refractivity contribution in [3.8, 4) is 0 Å². The number of carbonyl (C=O) groups is 1. The molecule has 1 N–H and O–H groups in total. The Morgan fingerprint density at radius 1 is 1.00 bits per heavy atom. The van der Waals surface area contributed by atoms with E-state index in [0.717, 1.165) is 31.2 Å². The molecule has 0 heterocycles. The number of benzene rings is 2. The van der Waals surface area contributed by atoms with Gasteiger partial charge in [0, 0.05) is 0 Å². The summed E-state index contributed by atoms with van der Waals surface area (Å²) in [7, 11) is 0. The van der Waals surface area contributed by atoms with Gasteiger partial charge in [0.2, 0.25) is 0 Å². The highest BCUT2D eigenvalue weighted by atomic mass is 19.1. The van der Waals surface area contributed by atoms with Gasteiger partial charge in [0.05, 0.1) is 5.56 Å². The molecule has 0 fully saturated rings. The van der Waals surface area contributed by atoms with Crippen LogP contribution >= 0.6 is 0 Å². The Hall–Kier alpha value is -2.16. The largest absolute Gasteiger partial charge is 0.478 e. The zero-order chi connectivity index (χ0) is 15.5. The molecular formula is C18H21FO2. The Labute approximate surface area is 125 Å². The Kier molecular flexibility index (Phi) is 7.80. The second-order valence-electron chi connectivity index (χ2n) is 4.71. The molecule has 2 aromatic rings. The van der Waals surface area contributed by atoms with Crippen LogP contribution in [0.15, 0.2) is 54.6 Å². The van der Waals surface area contributed by atoms with Crippen molar-refractivity contribution in [3.05, 3.63) is 71.5 Å². The SMILES string of the molecule is CCCCCc1ccccc1C(=O)O.Fc1ccccc1. The van der Waals surface area contributed by atoms with E-state index in [1.807, 2.05) is 12.1 Å². The van der Waals surface area contributed by atoms with Crippen LogP contribution in [-0.4, -0.2) is 11.1 Å². The number of halogens is 1. The second kappa shape index (κ2) is 9.70. The predicted molar refractivity (Wildman–Crippen MR) is 83.0 cm³/mol. The number of rotatable bonds is 5. The van der Waals surface area contributed by atoms with Crippen LogP contribution in [0.1, 0.15) is 42.1 Å². The molecule has 0 saturated heterocycles. The summed E-state index contributed by atoms with van der Waals surface area (Å²) in [6, 6.07) is 15.2. The summed E-state index contributed by atoms with van der Waals surface area (Å²) in [5.74, 6) is -1.00. The van der Waals surface area contributed by atoms with E-state index in [4.69, 9.17) is 5.11 Å². The van der Waals surface area contributed by atoms with Gasteiger partial charge in [0.25, 0.3) is 0 Å². The van der Waals surface area contributed by atoms with Crippen molar-refractivity contribution >= 4 is 5.97 Å². The molecule has 0 unspecified atom stereocenters. The molecule has 0 amide bonds. The summed E-state index contributed by atoms with van der Waals surface area (Å²) in [6.07, 6.45) is 4.26. The Morgan fingerprint density at radius 3 is 2.14 bits per heavy atom. The molecule has 2 aromatic carbocycles. The Bertz CT molecular complexity index is 538. The highest BCUT2D eigenvalue weighted by Gasteiger charge is 2.07. The summed E-state index contributed by atoms with van der Waals surface area (Å²) in [5, 5.41) is 8.92. The van der Waals surface area contributed by atoms with Crippen LogP contribution in [0, 0.1) is 5.82 Å². The number of hydrogen-bond acceptors (Lipinski definition) is 1. The molecule has 0 atom stereocenters. The maximum absolute atomic E-state index is 11.9. The number of aromatic carboxylic acids is 1. The van der Waals surface area contributed by atoms with Gasteiger partial charge < -0.3 is 5.11 Å². The first-order valence-corrected chi connectivity index (χ1v) is 7.17. The van der Waals surface area contributed by atoms with Crippen molar-refractivity contribution < 1.29 is 14.3 Å². The second-order valence-corrected chi connectivity index (χ2v) is 4.71. The van der Waals surface area contributed by atoms with Crippen LogP contribution in [0.3, 0.4) is 0 Å². The topological polar surface area (TPSA) is 37.3 Å². The van der Waals surface area contributed by atoms with Crippen LogP contribution in [0.4, 0.5) is 4.39 Å². The number of carboxylic acids is 1. The van der Waals surface area contributed by atoms with Crippen LogP contribution in [0.2, 0.25) is 0 Å². The van der Waals surface area contributed by atoms with Gasteiger partial charge >= 0.3 is 5.97 Å². The van der Waals surface area contributed by atoms with E-state index in [9.17, 15) is 9.18 Å². The minimum atomic E-state index is -0.822. The third kappa shape index (κ3) is 6.70. The molecule has 2 nitrogen and oxygen atoms in total. The van der Waals surface area contributed by atoms with Crippen molar-refractivity contribution in [3.63, 3.8) is 0 Å². The summed E-state index contributed by atoms with van der Waals surface area (Å²) in [4.78, 5) is 10.9. The quantitative estimate of drug-likeness (QED) is 0.791. The first-order chi connectivity index (χ1) is 10.1. The van der Waals surface area contributed by atoms with Crippen molar-refractivity contribution in [1.82, 2.24) is 0 Å². The summed E-state index contributed by atoms with van der Waals surface area (Å²) in [6.45, 7) is 2.14. The molecule has 2 rings (SSSR count). The van der Waals surface area contributed by atoms with Gasteiger partial charge in [0.15, 0.2) is 0 Å². The van der Waals surface area contributed by atoms with Crippen molar-refractivity contribution in [2.45, 2.75) is 32.6 Å². The van der Waals surface area contributed by atoms with E-state index in [2.05, 4.69) is 6.92 Å². The lowest BCUT2D eigenvalue weighted by Gasteiger charge is -2.04. The molecule has 0 aromatic heterocycles. The fourth-order valence-electron chi connectivity index (χ4n) is 1.93. The lowest BCUT2D eigenvalue weighted by atomic mass is 10.0. The third-order valence-electron chi connectivity index (χ3n) is 3.03. The van der Waals surface area contributed by atoms with Crippen molar-refractivity contribution in [2.24, 2.45) is 0 Å². The summed E-state index contributed by atoms with van der Waals surface area (Å²) in [5.41, 5.74) is 1.40. The summed E-state index contributed by atoms with van der Waals surface area (Å²) < 4.78 is 11.9. The van der Waals surface area contributed by atoms with Gasteiger partial charge in [-0.2, -0.15) is 0 Å². The average molecular weight is 288 g/mol. The van der Waals surface area contributed by atoms with E-state index in [1.54, 1.807) is 30.3 Å². The number of aryl methyl sites for hydroxylation is 1. The maximum atomic E-state index is 11.9. The van der Waals surface area contributed by atoms with Gasteiger partial charge in [-0.1, -0.05) is 56.2 Å². The molecule has 0 radical (unpaired) electrons. The lowest BCUT2D eigenvalue weighted by Crippen LogP contribution is -2.01. The minimum Gasteiger partial charge on any atom is -0.478 e. The van der Waals surface area contributed by atoms with Gasteiger partial charge in [0.1, 0.15) is 5.82 Å². The Morgan fingerprint density at radius 2 is 1.62 bits per heavy atom. The first kappa shape index (κ1) is 16.9. The zero-order valence-electron chi connectivity index (χ0n) is 12.3. The van der Waals surface area contributed by atoms with E-state index in [0.29, 0.717) is 5.56 Å². The van der Waals surface area contributed by atoms with Crippen LogP contribution < -0.4 is 0 Å². The summed E-state index contributed by atoms with van der Waals surface area (Å²) >= 11 is 0. The highest BCUT2D eigenvalue weighted by Crippen LogP contribution is 2.12. The molecule has 0 spiro atoms. The van der Waals surface area contributed by atoms with E-state index >= 15 is 0 Å². The van der Waals surface area contributed by atoms with Gasteiger partial charge in [-0.3, -0.25) is 0 Å². The maximum Gasteiger partial charge on any atom is 0.335 e. The zero-order valence-corrected chi connectivity index (χ0v) is 12.3. The lowest BCUT2D eigenvalue weighted by molar-refractivity contribution is 0.0695. The highest BCUT2D eigenvalue weighted by molar-refractivity contribution is 5.89. The normalized spacial score (nSPS) is 9.62. The molecular weight excluding hydrogens is 267 g/mol. The fourth-order valence-corrected chi connectivity index (χ4v) is 1.93. The van der Waals surface area contributed by atoms with E-state index in [-0.39, 0.29) is 5.82 Å². The van der Waals surface area contributed by atoms with E-state index in [1.165, 1.54) is 12.1 Å². The van der Waals surface area contributed by atoms with Crippen LogP contribution in [0.5, 0.6) is 0 Å². The predicted octanol–water partition coefficient (Wildman–Crippen LogP) is 4.94. The fraction of sp³-hybridized carbons (Fsp3) is 0.278. The first-order valence-electron chi connectivity index (χ1n) is 7.17. The Balaban J connectivity index is 0.000000262. The van der Waals surface area contributed by atoms with Crippen molar-refractivity contribution in [1.29, 1.82) is 0 Å². The molecule has 3 heteroatoms. The van der Waals surface area contributed by atoms with Crippen LogP contribution in [-0.2, 0) is 6.42 Å². The molecule has 0 aliphatic carbocycles. The van der Waals surface area contributed by atoms with Crippen LogP contribution in [0.25, 0.3) is 0 Å². The molecule has 0 bridgehead atoms. The monoisotopic (exact) mass is 288 g/mol. The average Bonchev–Trinajstić information content (AvgIpc) is 2.49. The standard InChI is InChI=1S/C12H16O2.C6H5F/c1-2-3-4-7-10-8-5-6-9-11(10)12(13)14;7-6-4-2-1-3-5-6/h5-6,8-9H,2-4,7H2,1H3,(H,13,14);1-5H. The number of carboxylic acid groups (broad SMARTS) is 1. The van der Waals surface area contributed by atoms with E-state index < -0.39 is 5.97 Å². The minimum absolute atomic E-state index is 0.178. The molecule has 0 aliphatic heterocycles.